The molecule has 4 nitrogen and oxygen atoms in total. The third-order valence-corrected chi connectivity index (χ3v) is 2.19. The van der Waals surface area contributed by atoms with E-state index in [9.17, 15) is 13.2 Å². The van der Waals surface area contributed by atoms with Crippen LogP contribution in [0.2, 0.25) is 0 Å². The summed E-state index contributed by atoms with van der Waals surface area (Å²) in [6.45, 7) is 0. The number of rotatable bonds is 1. The van der Waals surface area contributed by atoms with Crippen LogP contribution in [0.3, 0.4) is 0 Å². The van der Waals surface area contributed by atoms with Crippen LogP contribution in [0, 0.1) is 0 Å². The lowest BCUT2D eigenvalue weighted by Crippen LogP contribution is -2.05. The van der Waals surface area contributed by atoms with Gasteiger partial charge in [-0.15, -0.1) is 0 Å². The molecule has 0 spiro atoms. The molecule has 0 aliphatic carbocycles. The quantitative estimate of drug-likeness (QED) is 0.758. The van der Waals surface area contributed by atoms with Crippen LogP contribution in [0.4, 0.5) is 13.2 Å². The van der Waals surface area contributed by atoms with Crippen molar-refractivity contribution in [1.82, 2.24) is 19.5 Å². The molecule has 84 valence electrons. The Labute approximate surface area is 96.3 Å². The second kappa shape index (κ2) is 3.85. The largest absolute Gasteiger partial charge is 0.434 e. The van der Waals surface area contributed by atoms with E-state index in [1.807, 2.05) is 0 Å². The van der Waals surface area contributed by atoms with Crippen LogP contribution in [0.25, 0.3) is 5.82 Å². The molecule has 0 N–H and O–H groups in total. The summed E-state index contributed by atoms with van der Waals surface area (Å²) in [6, 6.07) is 1.49. The predicted molar refractivity (Wildman–Crippen MR) is 51.9 cm³/mol. The van der Waals surface area contributed by atoms with Gasteiger partial charge in [0.2, 0.25) is 0 Å². The van der Waals surface area contributed by atoms with E-state index in [0.29, 0.717) is 10.4 Å². The maximum Gasteiger partial charge on any atom is 0.434 e. The van der Waals surface area contributed by atoms with Gasteiger partial charge in [0, 0.05) is 12.3 Å². The number of hydrogen-bond donors (Lipinski definition) is 0. The Bertz CT molecular complexity index is 508. The fourth-order valence-electron chi connectivity index (χ4n) is 1.06. The van der Waals surface area contributed by atoms with E-state index < -0.39 is 11.9 Å². The summed E-state index contributed by atoms with van der Waals surface area (Å²) in [7, 11) is 0. The van der Waals surface area contributed by atoms with Crippen molar-refractivity contribution in [3.8, 4) is 5.82 Å². The van der Waals surface area contributed by atoms with Crippen LogP contribution in [0.5, 0.6) is 0 Å². The monoisotopic (exact) mass is 292 g/mol. The highest BCUT2D eigenvalue weighted by molar-refractivity contribution is 9.10. The van der Waals surface area contributed by atoms with Crippen molar-refractivity contribution in [1.29, 1.82) is 0 Å². The van der Waals surface area contributed by atoms with Crippen molar-refractivity contribution in [3.05, 3.63) is 35.2 Å². The molecular weight excluding hydrogens is 289 g/mol. The van der Waals surface area contributed by atoms with Gasteiger partial charge in [-0.05, 0) is 15.9 Å². The van der Waals surface area contributed by atoms with Crippen LogP contribution in [-0.2, 0) is 6.18 Å². The summed E-state index contributed by atoms with van der Waals surface area (Å²) in [5.74, 6) is 0.310. The van der Waals surface area contributed by atoms with Crippen LogP contribution in [0.15, 0.2) is 29.5 Å². The molecule has 0 bridgehead atoms. The highest BCUT2D eigenvalue weighted by Crippen LogP contribution is 2.27. The van der Waals surface area contributed by atoms with Gasteiger partial charge in [0.25, 0.3) is 0 Å². The molecule has 0 fully saturated rings. The first-order chi connectivity index (χ1) is 7.47. The number of nitrogens with zero attached hydrogens (tertiary/aromatic N) is 4. The molecule has 2 rings (SSSR count). The zero-order valence-electron chi connectivity index (χ0n) is 7.61. The third-order valence-electron chi connectivity index (χ3n) is 1.76. The van der Waals surface area contributed by atoms with Crippen molar-refractivity contribution in [2.24, 2.45) is 0 Å². The molecular formula is C8H4BrF3N4. The molecule has 0 radical (unpaired) electrons. The SMILES string of the molecule is FC(F)(F)c1cn(-c2cc(Br)ncn2)cn1. The molecule has 0 aliphatic rings. The lowest BCUT2D eigenvalue weighted by molar-refractivity contribution is -0.140. The Kier molecular flexibility index (Phi) is 2.66. The van der Waals surface area contributed by atoms with Crippen molar-refractivity contribution in [2.75, 3.05) is 0 Å². The smallest absolute Gasteiger partial charge is 0.290 e. The normalized spacial score (nSPS) is 11.8. The summed E-state index contributed by atoms with van der Waals surface area (Å²) in [5.41, 5.74) is -0.956. The summed E-state index contributed by atoms with van der Waals surface area (Å²) in [4.78, 5) is 10.8. The summed E-state index contributed by atoms with van der Waals surface area (Å²) >= 11 is 3.10. The highest BCUT2D eigenvalue weighted by Gasteiger charge is 2.33. The Morgan fingerprint density at radius 2 is 1.94 bits per heavy atom. The molecule has 0 aromatic carbocycles. The van der Waals surface area contributed by atoms with E-state index in [0.717, 1.165) is 12.5 Å². The predicted octanol–water partition coefficient (Wildman–Crippen LogP) is 2.44. The Balaban J connectivity index is 2.39. The van der Waals surface area contributed by atoms with E-state index in [4.69, 9.17) is 0 Å². The lowest BCUT2D eigenvalue weighted by atomic mass is 10.5. The molecule has 0 saturated carbocycles. The molecule has 8 heteroatoms. The number of alkyl halides is 3. The van der Waals surface area contributed by atoms with Gasteiger partial charge >= 0.3 is 6.18 Å². The summed E-state index contributed by atoms with van der Waals surface area (Å²) < 4.78 is 38.5. The molecule has 0 atom stereocenters. The van der Waals surface area contributed by atoms with Crippen LogP contribution in [-0.4, -0.2) is 19.5 Å². The topological polar surface area (TPSA) is 43.6 Å². The van der Waals surface area contributed by atoms with Crippen LogP contribution in [0.1, 0.15) is 5.69 Å². The maximum absolute atomic E-state index is 12.3. The maximum atomic E-state index is 12.3. The third kappa shape index (κ3) is 2.21. The highest BCUT2D eigenvalue weighted by atomic mass is 79.9. The molecule has 0 unspecified atom stereocenters. The lowest BCUT2D eigenvalue weighted by Gasteiger charge is -2.01. The fourth-order valence-corrected chi connectivity index (χ4v) is 1.36. The van der Waals surface area contributed by atoms with Gasteiger partial charge in [-0.3, -0.25) is 4.57 Å². The van der Waals surface area contributed by atoms with Gasteiger partial charge in [-0.2, -0.15) is 13.2 Å². The van der Waals surface area contributed by atoms with Crippen molar-refractivity contribution in [2.45, 2.75) is 6.18 Å². The van der Waals surface area contributed by atoms with E-state index in [1.54, 1.807) is 0 Å². The van der Waals surface area contributed by atoms with E-state index in [1.165, 1.54) is 17.0 Å². The second-order valence-electron chi connectivity index (χ2n) is 2.86. The first-order valence-electron chi connectivity index (χ1n) is 4.06. The van der Waals surface area contributed by atoms with Crippen molar-refractivity contribution in [3.63, 3.8) is 0 Å². The average molecular weight is 293 g/mol. The molecule has 0 aliphatic heterocycles. The molecule has 2 aromatic rings. The zero-order chi connectivity index (χ0) is 11.8. The minimum absolute atomic E-state index is 0.310. The number of halogens is 4. The standard InChI is InChI=1S/C8H4BrF3N4/c9-6-1-7(14-3-13-6)16-2-5(15-4-16)8(10,11)12/h1-4H. The van der Waals surface area contributed by atoms with Crippen LogP contribution < -0.4 is 0 Å². The molecule has 0 saturated heterocycles. The van der Waals surface area contributed by atoms with Crippen LogP contribution >= 0.6 is 15.9 Å². The Morgan fingerprint density at radius 1 is 1.19 bits per heavy atom. The Hall–Kier alpha value is -1.44. The number of aromatic nitrogens is 4. The van der Waals surface area contributed by atoms with Crippen molar-refractivity contribution < 1.29 is 13.2 Å². The molecule has 2 aromatic heterocycles. The summed E-state index contributed by atoms with van der Waals surface area (Å²) in [6.07, 6.45) is -1.28. The minimum Gasteiger partial charge on any atom is -0.290 e. The van der Waals surface area contributed by atoms with E-state index in [2.05, 4.69) is 30.9 Å². The summed E-state index contributed by atoms with van der Waals surface area (Å²) in [5, 5.41) is 0. The minimum atomic E-state index is -4.45. The first-order valence-corrected chi connectivity index (χ1v) is 4.85. The number of imidazole rings is 1. The number of hydrogen-bond acceptors (Lipinski definition) is 3. The van der Waals surface area contributed by atoms with Gasteiger partial charge in [0.15, 0.2) is 5.69 Å². The first kappa shape index (κ1) is 11.1. The zero-order valence-corrected chi connectivity index (χ0v) is 9.20. The van der Waals surface area contributed by atoms with Gasteiger partial charge in [-0.25, -0.2) is 15.0 Å². The van der Waals surface area contributed by atoms with E-state index in [-0.39, 0.29) is 0 Å². The fraction of sp³-hybridized carbons (Fsp3) is 0.125. The van der Waals surface area contributed by atoms with E-state index >= 15 is 0 Å². The van der Waals surface area contributed by atoms with Gasteiger partial charge < -0.3 is 0 Å². The second-order valence-corrected chi connectivity index (χ2v) is 3.68. The van der Waals surface area contributed by atoms with Gasteiger partial charge in [0.05, 0.1) is 0 Å². The molecule has 0 amide bonds. The van der Waals surface area contributed by atoms with Gasteiger partial charge in [0.1, 0.15) is 23.1 Å². The molecule has 2 heterocycles. The van der Waals surface area contributed by atoms with Gasteiger partial charge in [-0.1, -0.05) is 0 Å². The molecule has 16 heavy (non-hydrogen) atoms. The van der Waals surface area contributed by atoms with Crippen molar-refractivity contribution >= 4 is 15.9 Å². The Morgan fingerprint density at radius 3 is 2.50 bits per heavy atom. The average Bonchev–Trinajstić information content (AvgIpc) is 2.65.